The maximum absolute atomic E-state index is 12.5. The Bertz CT molecular complexity index is 1280. The molecule has 1 amide bonds. The fourth-order valence-corrected chi connectivity index (χ4v) is 5.87. The molecule has 0 bridgehead atoms. The molecule has 5 rings (SSSR count). The number of nitrogens with zero attached hydrogens (tertiary/aromatic N) is 1. The van der Waals surface area contributed by atoms with Crippen LogP contribution in [0.5, 0.6) is 5.75 Å². The monoisotopic (exact) mass is 434 g/mol. The van der Waals surface area contributed by atoms with Crippen molar-refractivity contribution in [2.75, 3.05) is 11.9 Å². The summed E-state index contributed by atoms with van der Waals surface area (Å²) in [4.78, 5) is 25.9. The third kappa shape index (κ3) is 3.72. The molecule has 31 heavy (non-hydrogen) atoms. The van der Waals surface area contributed by atoms with Gasteiger partial charge < -0.3 is 14.5 Å². The lowest BCUT2D eigenvalue weighted by atomic mass is 10.1. The Morgan fingerprint density at radius 1 is 1.10 bits per heavy atom. The molecule has 0 fully saturated rings. The van der Waals surface area contributed by atoms with Gasteiger partial charge in [0.1, 0.15) is 22.4 Å². The normalized spacial score (nSPS) is 15.1. The van der Waals surface area contributed by atoms with Gasteiger partial charge in [-0.2, -0.15) is 5.26 Å². The van der Waals surface area contributed by atoms with Crippen LogP contribution in [0.15, 0.2) is 27.4 Å². The van der Waals surface area contributed by atoms with E-state index in [-0.39, 0.29) is 18.1 Å². The molecular formula is C24H22N2O4S. The summed E-state index contributed by atoms with van der Waals surface area (Å²) in [6, 6.07) is 7.62. The smallest absolute Gasteiger partial charge is 0.339 e. The predicted molar refractivity (Wildman–Crippen MR) is 119 cm³/mol. The molecule has 3 aromatic rings. The number of amides is 1. The number of ether oxygens (including phenoxy) is 1. The van der Waals surface area contributed by atoms with Crippen molar-refractivity contribution in [3.8, 4) is 11.8 Å². The Morgan fingerprint density at radius 2 is 1.90 bits per heavy atom. The fourth-order valence-electron chi connectivity index (χ4n) is 4.61. The highest BCUT2D eigenvalue weighted by Crippen LogP contribution is 2.37. The van der Waals surface area contributed by atoms with Crippen LogP contribution in [0.2, 0.25) is 0 Å². The average molecular weight is 435 g/mol. The molecule has 2 aliphatic rings. The number of benzene rings is 1. The highest BCUT2D eigenvalue weighted by Gasteiger charge is 2.22. The number of rotatable bonds is 4. The molecule has 2 aliphatic carbocycles. The molecule has 0 spiro atoms. The number of hydrogen-bond acceptors (Lipinski definition) is 6. The number of fused-ring (bicyclic) bond motifs is 4. The lowest BCUT2D eigenvalue weighted by Crippen LogP contribution is -2.20. The number of anilines is 1. The molecule has 0 saturated carbocycles. The van der Waals surface area contributed by atoms with Crippen molar-refractivity contribution in [3.05, 3.63) is 55.8 Å². The van der Waals surface area contributed by atoms with E-state index in [1.54, 1.807) is 12.1 Å². The number of carbonyl (C=O) groups excluding carboxylic acids is 1. The maximum atomic E-state index is 12.5. The number of carbonyl (C=O) groups is 1. The van der Waals surface area contributed by atoms with Gasteiger partial charge in [-0.05, 0) is 68.2 Å². The van der Waals surface area contributed by atoms with Gasteiger partial charge in [0.05, 0.1) is 5.56 Å². The topological polar surface area (TPSA) is 92.3 Å². The number of thiophene rings is 1. The largest absolute Gasteiger partial charge is 0.484 e. The third-order valence-electron chi connectivity index (χ3n) is 6.10. The first-order valence-electron chi connectivity index (χ1n) is 10.7. The lowest BCUT2D eigenvalue weighted by molar-refractivity contribution is -0.118. The van der Waals surface area contributed by atoms with Crippen LogP contribution in [0.1, 0.15) is 52.8 Å². The first kappa shape index (κ1) is 19.8. The summed E-state index contributed by atoms with van der Waals surface area (Å²) in [6.07, 6.45) is 7.85. The maximum Gasteiger partial charge on any atom is 0.339 e. The van der Waals surface area contributed by atoms with Gasteiger partial charge in [-0.15, -0.1) is 11.3 Å². The van der Waals surface area contributed by atoms with E-state index in [1.165, 1.54) is 22.6 Å². The van der Waals surface area contributed by atoms with E-state index in [4.69, 9.17) is 9.15 Å². The lowest BCUT2D eigenvalue weighted by Gasteiger charge is -2.09. The Morgan fingerprint density at radius 3 is 2.77 bits per heavy atom. The second-order valence-corrected chi connectivity index (χ2v) is 9.18. The molecule has 2 heterocycles. The average Bonchev–Trinajstić information content (AvgIpc) is 3.31. The van der Waals surface area contributed by atoms with Crippen LogP contribution in [0, 0.1) is 11.3 Å². The SMILES string of the molecule is N#Cc1c(NC(=O)COc2ccc3c4c(c(=O)oc3c2)CCC4)sc2c1CCCCC2. The van der Waals surface area contributed by atoms with E-state index in [9.17, 15) is 14.9 Å². The van der Waals surface area contributed by atoms with Crippen molar-refractivity contribution in [2.45, 2.75) is 51.4 Å². The standard InChI is InChI=1S/C24H22N2O4S/c25-12-19-17-5-2-1-3-8-21(17)31-23(19)26-22(27)13-29-14-9-10-16-15-6-4-7-18(15)24(28)30-20(16)11-14/h9-11H,1-8,13H2,(H,26,27). The number of nitrogens with one attached hydrogen (secondary N) is 1. The minimum absolute atomic E-state index is 0.186. The Hall–Kier alpha value is -3.11. The zero-order chi connectivity index (χ0) is 21.4. The molecule has 0 saturated heterocycles. The van der Waals surface area contributed by atoms with Crippen molar-refractivity contribution < 1.29 is 13.9 Å². The molecule has 0 unspecified atom stereocenters. The quantitative estimate of drug-likeness (QED) is 0.482. The van der Waals surface area contributed by atoms with Gasteiger partial charge in [-0.25, -0.2) is 4.79 Å². The molecule has 7 heteroatoms. The summed E-state index contributed by atoms with van der Waals surface area (Å²) >= 11 is 1.50. The highest BCUT2D eigenvalue weighted by atomic mass is 32.1. The second-order valence-electron chi connectivity index (χ2n) is 8.08. The summed E-state index contributed by atoms with van der Waals surface area (Å²) in [7, 11) is 0. The van der Waals surface area contributed by atoms with Crippen molar-refractivity contribution in [1.82, 2.24) is 0 Å². The van der Waals surface area contributed by atoms with Gasteiger partial charge in [-0.1, -0.05) is 6.42 Å². The van der Waals surface area contributed by atoms with Crippen LogP contribution >= 0.6 is 11.3 Å². The zero-order valence-corrected chi connectivity index (χ0v) is 17.9. The van der Waals surface area contributed by atoms with E-state index in [1.807, 2.05) is 6.07 Å². The van der Waals surface area contributed by atoms with Crippen LogP contribution in [0.4, 0.5) is 5.00 Å². The van der Waals surface area contributed by atoms with E-state index in [2.05, 4.69) is 11.4 Å². The van der Waals surface area contributed by atoms with Gasteiger partial charge in [0.15, 0.2) is 6.61 Å². The number of nitriles is 1. The minimum atomic E-state index is -0.316. The predicted octanol–water partition coefficient (Wildman–Crippen LogP) is 4.50. The van der Waals surface area contributed by atoms with Crippen molar-refractivity contribution in [1.29, 1.82) is 5.26 Å². The number of hydrogen-bond donors (Lipinski definition) is 1. The molecule has 1 aromatic carbocycles. The van der Waals surface area contributed by atoms with Crippen molar-refractivity contribution >= 4 is 33.2 Å². The Labute approximate surface area is 183 Å². The Balaban J connectivity index is 1.30. The summed E-state index contributed by atoms with van der Waals surface area (Å²) in [5.41, 5.74) is 3.74. The van der Waals surface area contributed by atoms with Crippen LogP contribution in [-0.2, 0) is 30.5 Å². The summed E-state index contributed by atoms with van der Waals surface area (Å²) in [5, 5.41) is 14.0. The van der Waals surface area contributed by atoms with Crippen molar-refractivity contribution in [3.63, 3.8) is 0 Å². The van der Waals surface area contributed by atoms with Gasteiger partial charge in [0.25, 0.3) is 5.91 Å². The van der Waals surface area contributed by atoms with Crippen molar-refractivity contribution in [2.24, 2.45) is 0 Å². The molecule has 0 aliphatic heterocycles. The summed E-state index contributed by atoms with van der Waals surface area (Å²) in [5.74, 6) is 0.148. The van der Waals surface area contributed by atoms with Crippen LogP contribution in [-0.4, -0.2) is 12.5 Å². The van der Waals surface area contributed by atoms with Gasteiger partial charge >= 0.3 is 5.63 Å². The molecule has 1 N–H and O–H groups in total. The molecule has 0 radical (unpaired) electrons. The molecule has 0 atom stereocenters. The Kier molecular flexibility index (Phi) is 5.24. The minimum Gasteiger partial charge on any atom is -0.484 e. The number of aryl methyl sites for hydroxylation is 2. The van der Waals surface area contributed by atoms with Crippen LogP contribution in [0.25, 0.3) is 11.0 Å². The van der Waals surface area contributed by atoms with E-state index in [0.717, 1.165) is 67.0 Å². The molecule has 6 nitrogen and oxygen atoms in total. The first-order valence-corrected chi connectivity index (χ1v) is 11.5. The second kappa shape index (κ2) is 8.20. The van der Waals surface area contributed by atoms with Gasteiger partial charge in [-0.3, -0.25) is 4.79 Å². The molecule has 2 aromatic heterocycles. The fraction of sp³-hybridized carbons (Fsp3) is 0.375. The van der Waals surface area contributed by atoms with Crippen LogP contribution < -0.4 is 15.7 Å². The van der Waals surface area contributed by atoms with Crippen LogP contribution in [0.3, 0.4) is 0 Å². The van der Waals surface area contributed by atoms with Gasteiger partial charge in [0.2, 0.25) is 0 Å². The first-order chi connectivity index (χ1) is 15.1. The van der Waals surface area contributed by atoms with E-state index < -0.39 is 0 Å². The zero-order valence-electron chi connectivity index (χ0n) is 17.1. The summed E-state index contributed by atoms with van der Waals surface area (Å²) in [6.45, 7) is -0.186. The highest BCUT2D eigenvalue weighted by molar-refractivity contribution is 7.16. The molecular weight excluding hydrogens is 412 g/mol. The van der Waals surface area contributed by atoms with E-state index in [0.29, 0.717) is 21.9 Å². The molecule has 158 valence electrons. The third-order valence-corrected chi connectivity index (χ3v) is 7.31. The van der Waals surface area contributed by atoms with E-state index >= 15 is 0 Å². The summed E-state index contributed by atoms with van der Waals surface area (Å²) < 4.78 is 11.1. The van der Waals surface area contributed by atoms with Gasteiger partial charge in [0, 0.05) is 21.9 Å².